The Bertz CT molecular complexity index is 499. The predicted octanol–water partition coefficient (Wildman–Crippen LogP) is 0.814. The second-order valence-corrected chi connectivity index (χ2v) is 6.72. The number of carbonyl (C=O) groups is 1. The number of nitrogens with zero attached hydrogens (tertiary/aromatic N) is 2. The van der Waals surface area contributed by atoms with Crippen LogP contribution in [-0.4, -0.2) is 55.1 Å². The minimum Gasteiger partial charge on any atom is -0.344 e. The summed E-state index contributed by atoms with van der Waals surface area (Å²) in [5, 5.41) is 6.87. The summed E-state index contributed by atoms with van der Waals surface area (Å²) >= 11 is 0. The molecule has 2 fully saturated rings. The van der Waals surface area contributed by atoms with Gasteiger partial charge in [0, 0.05) is 38.4 Å². The van der Waals surface area contributed by atoms with E-state index < -0.39 is 0 Å². The van der Waals surface area contributed by atoms with Gasteiger partial charge in [0.05, 0.1) is 6.04 Å². The first-order valence-corrected chi connectivity index (χ1v) is 8.28. The van der Waals surface area contributed by atoms with E-state index in [1.165, 1.54) is 12.8 Å². The van der Waals surface area contributed by atoms with Gasteiger partial charge >= 0.3 is 0 Å². The van der Waals surface area contributed by atoms with Crippen molar-refractivity contribution in [1.29, 1.82) is 0 Å². The number of nitrogens with one attached hydrogen (secondary N) is 2. The highest BCUT2D eigenvalue weighted by Crippen LogP contribution is 2.37. The number of piperidine rings is 1. The van der Waals surface area contributed by atoms with Crippen molar-refractivity contribution in [3.63, 3.8) is 0 Å². The van der Waals surface area contributed by atoms with Crippen LogP contribution in [0, 0.1) is 5.41 Å². The Kier molecular flexibility index (Phi) is 4.74. The SMILES string of the molecule is CN(CCc1ccccn1)C(=O)[C@H]1CC2(CCNCC2)CN1. The second-order valence-electron chi connectivity index (χ2n) is 6.72. The fourth-order valence-electron chi connectivity index (χ4n) is 3.63. The van der Waals surface area contributed by atoms with Crippen molar-refractivity contribution in [2.75, 3.05) is 33.2 Å². The molecule has 3 rings (SSSR count). The molecule has 3 heterocycles. The maximum absolute atomic E-state index is 12.6. The predicted molar refractivity (Wildman–Crippen MR) is 86.5 cm³/mol. The van der Waals surface area contributed by atoms with Gasteiger partial charge in [-0.25, -0.2) is 0 Å². The molecule has 0 aromatic carbocycles. The van der Waals surface area contributed by atoms with Gasteiger partial charge in [-0.05, 0) is 49.9 Å². The van der Waals surface area contributed by atoms with E-state index in [-0.39, 0.29) is 11.9 Å². The highest BCUT2D eigenvalue weighted by molar-refractivity contribution is 5.82. The van der Waals surface area contributed by atoms with Gasteiger partial charge in [0.2, 0.25) is 5.91 Å². The lowest BCUT2D eigenvalue weighted by molar-refractivity contribution is -0.131. The Morgan fingerprint density at radius 1 is 1.41 bits per heavy atom. The summed E-state index contributed by atoms with van der Waals surface area (Å²) in [5.41, 5.74) is 1.38. The van der Waals surface area contributed by atoms with Crippen molar-refractivity contribution >= 4 is 5.91 Å². The van der Waals surface area contributed by atoms with E-state index in [1.807, 2.05) is 30.1 Å². The molecule has 1 aromatic rings. The summed E-state index contributed by atoms with van der Waals surface area (Å²) in [6.45, 7) is 3.87. The van der Waals surface area contributed by atoms with Crippen molar-refractivity contribution in [3.05, 3.63) is 30.1 Å². The topological polar surface area (TPSA) is 57.3 Å². The average Bonchev–Trinajstić information content (AvgIpc) is 2.97. The van der Waals surface area contributed by atoms with Gasteiger partial charge in [0.15, 0.2) is 0 Å². The van der Waals surface area contributed by atoms with Crippen LogP contribution in [0.2, 0.25) is 0 Å². The van der Waals surface area contributed by atoms with Crippen molar-refractivity contribution in [2.24, 2.45) is 5.41 Å². The molecule has 5 heteroatoms. The van der Waals surface area contributed by atoms with Gasteiger partial charge in [-0.3, -0.25) is 9.78 Å². The highest BCUT2D eigenvalue weighted by Gasteiger charge is 2.42. The van der Waals surface area contributed by atoms with E-state index in [1.54, 1.807) is 6.20 Å². The maximum atomic E-state index is 12.6. The van der Waals surface area contributed by atoms with Gasteiger partial charge in [0.25, 0.3) is 0 Å². The molecule has 5 nitrogen and oxygen atoms in total. The minimum absolute atomic E-state index is 0.00756. The van der Waals surface area contributed by atoms with Crippen LogP contribution < -0.4 is 10.6 Å². The van der Waals surface area contributed by atoms with Crippen LogP contribution in [0.15, 0.2) is 24.4 Å². The summed E-state index contributed by atoms with van der Waals surface area (Å²) in [6.07, 6.45) is 5.96. The molecule has 0 radical (unpaired) electrons. The van der Waals surface area contributed by atoms with E-state index in [0.29, 0.717) is 5.41 Å². The fourth-order valence-corrected chi connectivity index (χ4v) is 3.63. The molecule has 0 bridgehead atoms. The molecule has 2 aliphatic heterocycles. The number of pyridine rings is 1. The third-order valence-electron chi connectivity index (χ3n) is 5.13. The quantitative estimate of drug-likeness (QED) is 0.864. The first kappa shape index (κ1) is 15.4. The number of hydrogen-bond acceptors (Lipinski definition) is 4. The van der Waals surface area contributed by atoms with E-state index in [0.717, 1.165) is 44.7 Å². The first-order valence-electron chi connectivity index (χ1n) is 8.28. The highest BCUT2D eigenvalue weighted by atomic mass is 16.2. The van der Waals surface area contributed by atoms with E-state index in [4.69, 9.17) is 0 Å². The first-order chi connectivity index (χ1) is 10.7. The molecule has 0 saturated carbocycles. The van der Waals surface area contributed by atoms with E-state index in [9.17, 15) is 4.79 Å². The smallest absolute Gasteiger partial charge is 0.239 e. The van der Waals surface area contributed by atoms with Gasteiger partial charge in [-0.2, -0.15) is 0 Å². The standard InChI is InChI=1S/C17H26N4O/c1-21(11-5-14-4-2-3-8-19-14)16(22)15-12-17(13-20-15)6-9-18-10-7-17/h2-4,8,15,18,20H,5-7,9-13H2,1H3/t15-/m1/s1. The molecule has 120 valence electrons. The van der Waals surface area contributed by atoms with Crippen LogP contribution in [-0.2, 0) is 11.2 Å². The summed E-state index contributed by atoms with van der Waals surface area (Å²) in [6, 6.07) is 5.91. The Morgan fingerprint density at radius 2 is 2.23 bits per heavy atom. The minimum atomic E-state index is -0.00756. The Labute approximate surface area is 132 Å². The number of amides is 1. The number of aromatic nitrogens is 1. The molecule has 2 saturated heterocycles. The Balaban J connectivity index is 1.51. The van der Waals surface area contributed by atoms with Crippen molar-refractivity contribution in [1.82, 2.24) is 20.5 Å². The van der Waals surface area contributed by atoms with Gasteiger partial charge < -0.3 is 15.5 Å². The molecule has 0 aliphatic carbocycles. The third kappa shape index (κ3) is 3.47. The van der Waals surface area contributed by atoms with Gasteiger partial charge in [-0.1, -0.05) is 6.07 Å². The van der Waals surface area contributed by atoms with Gasteiger partial charge in [-0.15, -0.1) is 0 Å². The Morgan fingerprint density at radius 3 is 2.95 bits per heavy atom. The molecule has 1 spiro atoms. The molecular formula is C17H26N4O. The zero-order chi connectivity index (χ0) is 15.4. The Hall–Kier alpha value is -1.46. The number of carbonyl (C=O) groups excluding carboxylic acids is 1. The molecule has 22 heavy (non-hydrogen) atoms. The second kappa shape index (κ2) is 6.75. The van der Waals surface area contributed by atoms with Crippen LogP contribution in [0.5, 0.6) is 0 Å². The largest absolute Gasteiger partial charge is 0.344 e. The molecule has 1 aromatic heterocycles. The lowest BCUT2D eigenvalue weighted by atomic mass is 9.77. The lowest BCUT2D eigenvalue weighted by Crippen LogP contribution is -2.42. The van der Waals surface area contributed by atoms with Crippen molar-refractivity contribution < 1.29 is 4.79 Å². The summed E-state index contributed by atoms with van der Waals surface area (Å²) in [5.74, 6) is 0.228. The van der Waals surface area contributed by atoms with Crippen LogP contribution in [0.4, 0.5) is 0 Å². The monoisotopic (exact) mass is 302 g/mol. The lowest BCUT2D eigenvalue weighted by Gasteiger charge is -2.33. The van der Waals surface area contributed by atoms with Gasteiger partial charge in [0.1, 0.15) is 0 Å². The van der Waals surface area contributed by atoms with E-state index in [2.05, 4.69) is 15.6 Å². The molecule has 1 atom stereocenters. The normalized spacial score (nSPS) is 23.6. The molecule has 2 aliphatic rings. The summed E-state index contributed by atoms with van der Waals surface area (Å²) in [7, 11) is 1.90. The number of rotatable bonds is 4. The van der Waals surface area contributed by atoms with Crippen LogP contribution in [0.3, 0.4) is 0 Å². The zero-order valence-corrected chi connectivity index (χ0v) is 13.3. The molecular weight excluding hydrogens is 276 g/mol. The van der Waals surface area contributed by atoms with Crippen molar-refractivity contribution in [3.8, 4) is 0 Å². The average molecular weight is 302 g/mol. The number of hydrogen-bond donors (Lipinski definition) is 2. The third-order valence-corrected chi connectivity index (χ3v) is 5.13. The maximum Gasteiger partial charge on any atom is 0.239 e. The van der Waals surface area contributed by atoms with Crippen LogP contribution in [0.1, 0.15) is 25.0 Å². The molecule has 2 N–H and O–H groups in total. The van der Waals surface area contributed by atoms with Crippen LogP contribution in [0.25, 0.3) is 0 Å². The zero-order valence-electron chi connectivity index (χ0n) is 13.3. The molecule has 0 unspecified atom stereocenters. The molecule has 1 amide bonds. The summed E-state index contributed by atoms with van der Waals surface area (Å²) in [4.78, 5) is 18.8. The summed E-state index contributed by atoms with van der Waals surface area (Å²) < 4.78 is 0. The number of likely N-dealkylation sites (N-methyl/N-ethyl adjacent to an activating group) is 1. The van der Waals surface area contributed by atoms with E-state index >= 15 is 0 Å². The fraction of sp³-hybridized carbons (Fsp3) is 0.647. The van der Waals surface area contributed by atoms with Crippen molar-refractivity contribution in [2.45, 2.75) is 31.7 Å². The van der Waals surface area contributed by atoms with Crippen LogP contribution >= 0.6 is 0 Å².